The quantitative estimate of drug-likeness (QED) is 0.732. The van der Waals surface area contributed by atoms with Gasteiger partial charge in [-0.25, -0.2) is 0 Å². The van der Waals surface area contributed by atoms with Crippen LogP contribution in [0.2, 0.25) is 0 Å². The van der Waals surface area contributed by atoms with Gasteiger partial charge in [-0.3, -0.25) is 0 Å². The zero-order chi connectivity index (χ0) is 17.2. The normalized spacial score (nSPS) is 36.5. The van der Waals surface area contributed by atoms with Crippen molar-refractivity contribution in [3.05, 3.63) is 0 Å². The van der Waals surface area contributed by atoms with Crippen molar-refractivity contribution in [1.29, 1.82) is 0 Å². The molecule has 3 rings (SSSR count). The standard InChI is InChI=1S/C21H39NO2/c1-17-9-14-22(15-10-17)13-5-6-19-16-23-21(24-19)11-7-18(8-12-21)20(2,3)4/h17-19H,5-16H2,1-4H3. The highest BCUT2D eigenvalue weighted by Crippen LogP contribution is 2.45. The first kappa shape index (κ1) is 18.7. The summed E-state index contributed by atoms with van der Waals surface area (Å²) in [5.41, 5.74) is 0.422. The zero-order valence-corrected chi connectivity index (χ0v) is 16.5. The SMILES string of the molecule is CC1CCN(CCCC2COC3(CCC(C(C)(C)C)CC3)O2)CC1. The molecule has 0 radical (unpaired) electrons. The second-order valence-electron chi connectivity index (χ2n) is 9.77. The van der Waals surface area contributed by atoms with E-state index in [4.69, 9.17) is 9.47 Å². The fourth-order valence-electron chi connectivity index (χ4n) is 4.77. The first-order valence-corrected chi connectivity index (χ1v) is 10.4. The van der Waals surface area contributed by atoms with Crippen LogP contribution < -0.4 is 0 Å². The third-order valence-electron chi connectivity index (χ3n) is 6.76. The number of likely N-dealkylation sites (tertiary alicyclic amines) is 1. The van der Waals surface area contributed by atoms with Crippen molar-refractivity contribution < 1.29 is 9.47 Å². The Labute approximate surface area is 149 Å². The first-order valence-electron chi connectivity index (χ1n) is 10.4. The molecule has 2 aliphatic heterocycles. The second-order valence-corrected chi connectivity index (χ2v) is 9.77. The average Bonchev–Trinajstić information content (AvgIpc) is 2.92. The highest BCUT2D eigenvalue weighted by Gasteiger charge is 2.45. The van der Waals surface area contributed by atoms with Gasteiger partial charge < -0.3 is 14.4 Å². The van der Waals surface area contributed by atoms with E-state index in [2.05, 4.69) is 32.6 Å². The monoisotopic (exact) mass is 337 g/mol. The van der Waals surface area contributed by atoms with Crippen molar-refractivity contribution in [2.45, 2.75) is 91.0 Å². The summed E-state index contributed by atoms with van der Waals surface area (Å²) in [6.45, 7) is 14.1. The molecule has 3 aliphatic rings. The van der Waals surface area contributed by atoms with Crippen molar-refractivity contribution in [2.75, 3.05) is 26.2 Å². The largest absolute Gasteiger partial charge is 0.347 e. The molecule has 24 heavy (non-hydrogen) atoms. The molecule has 1 saturated carbocycles. The summed E-state index contributed by atoms with van der Waals surface area (Å²) >= 11 is 0. The Morgan fingerprint density at radius 2 is 1.71 bits per heavy atom. The Morgan fingerprint density at radius 1 is 1.04 bits per heavy atom. The van der Waals surface area contributed by atoms with Gasteiger partial charge in [0.05, 0.1) is 12.7 Å². The molecule has 1 spiro atoms. The lowest BCUT2D eigenvalue weighted by Crippen LogP contribution is -2.39. The lowest BCUT2D eigenvalue weighted by Gasteiger charge is -2.41. The fourth-order valence-corrected chi connectivity index (χ4v) is 4.77. The molecule has 2 saturated heterocycles. The van der Waals surface area contributed by atoms with Crippen LogP contribution in [0.4, 0.5) is 0 Å². The van der Waals surface area contributed by atoms with Crippen LogP contribution in [0.25, 0.3) is 0 Å². The number of piperidine rings is 1. The molecule has 3 fully saturated rings. The molecular formula is C21H39NO2. The average molecular weight is 338 g/mol. The van der Waals surface area contributed by atoms with Crippen LogP contribution in [0.3, 0.4) is 0 Å². The maximum absolute atomic E-state index is 6.42. The van der Waals surface area contributed by atoms with Gasteiger partial charge in [-0.05, 0) is 75.4 Å². The van der Waals surface area contributed by atoms with Crippen LogP contribution in [-0.4, -0.2) is 43.0 Å². The topological polar surface area (TPSA) is 21.7 Å². The number of nitrogens with zero attached hydrogens (tertiary/aromatic N) is 1. The molecule has 3 nitrogen and oxygen atoms in total. The smallest absolute Gasteiger partial charge is 0.168 e. The molecular weight excluding hydrogens is 298 g/mol. The van der Waals surface area contributed by atoms with E-state index in [0.717, 1.165) is 37.7 Å². The van der Waals surface area contributed by atoms with E-state index in [1.54, 1.807) is 0 Å². The van der Waals surface area contributed by atoms with Crippen LogP contribution in [0.15, 0.2) is 0 Å². The predicted molar refractivity (Wildman–Crippen MR) is 99.0 cm³/mol. The molecule has 1 unspecified atom stereocenters. The summed E-state index contributed by atoms with van der Waals surface area (Å²) in [4.78, 5) is 2.64. The minimum absolute atomic E-state index is 0.229. The molecule has 0 amide bonds. The summed E-state index contributed by atoms with van der Waals surface area (Å²) in [6, 6.07) is 0. The second kappa shape index (κ2) is 7.63. The van der Waals surface area contributed by atoms with Crippen LogP contribution in [0.1, 0.15) is 79.1 Å². The lowest BCUT2D eigenvalue weighted by atomic mass is 9.71. The van der Waals surface area contributed by atoms with E-state index in [9.17, 15) is 0 Å². The third-order valence-corrected chi connectivity index (χ3v) is 6.76. The molecule has 1 atom stereocenters. The van der Waals surface area contributed by atoms with Crippen molar-refractivity contribution in [2.24, 2.45) is 17.3 Å². The lowest BCUT2D eigenvalue weighted by molar-refractivity contribution is -0.197. The molecule has 2 heterocycles. The summed E-state index contributed by atoms with van der Waals surface area (Å²) in [5.74, 6) is 1.51. The van der Waals surface area contributed by atoms with Gasteiger partial charge in [0.2, 0.25) is 0 Å². The van der Waals surface area contributed by atoms with Gasteiger partial charge in [-0.15, -0.1) is 0 Å². The Bertz CT molecular complexity index is 387. The minimum atomic E-state index is -0.229. The Morgan fingerprint density at radius 3 is 2.33 bits per heavy atom. The highest BCUT2D eigenvalue weighted by molar-refractivity contribution is 4.88. The number of rotatable bonds is 4. The van der Waals surface area contributed by atoms with Gasteiger partial charge >= 0.3 is 0 Å². The van der Waals surface area contributed by atoms with E-state index in [-0.39, 0.29) is 5.79 Å². The maximum atomic E-state index is 6.42. The molecule has 0 bridgehead atoms. The highest BCUT2D eigenvalue weighted by atomic mass is 16.7. The number of hydrogen-bond donors (Lipinski definition) is 0. The Hall–Kier alpha value is -0.120. The van der Waals surface area contributed by atoms with Crippen LogP contribution in [-0.2, 0) is 9.47 Å². The third kappa shape index (κ3) is 4.74. The van der Waals surface area contributed by atoms with Gasteiger partial charge in [0.1, 0.15) is 0 Å². The summed E-state index contributed by atoms with van der Waals surface area (Å²) in [5, 5.41) is 0. The van der Waals surface area contributed by atoms with E-state index >= 15 is 0 Å². The first-order chi connectivity index (χ1) is 11.4. The van der Waals surface area contributed by atoms with Gasteiger partial charge in [0, 0.05) is 12.8 Å². The Kier molecular flexibility index (Phi) is 5.94. The molecule has 0 aromatic rings. The van der Waals surface area contributed by atoms with Crippen molar-refractivity contribution >= 4 is 0 Å². The Balaban J connectivity index is 1.35. The van der Waals surface area contributed by atoms with Crippen molar-refractivity contribution in [3.63, 3.8) is 0 Å². The van der Waals surface area contributed by atoms with E-state index in [1.165, 1.54) is 51.7 Å². The van der Waals surface area contributed by atoms with Crippen LogP contribution in [0.5, 0.6) is 0 Å². The van der Waals surface area contributed by atoms with Crippen molar-refractivity contribution in [1.82, 2.24) is 4.90 Å². The predicted octanol–water partition coefficient (Wildman–Crippen LogP) is 4.85. The summed E-state index contributed by atoms with van der Waals surface area (Å²) in [6.07, 6.45) is 10.2. The van der Waals surface area contributed by atoms with E-state index in [1.807, 2.05) is 0 Å². The minimum Gasteiger partial charge on any atom is -0.347 e. The number of hydrogen-bond acceptors (Lipinski definition) is 3. The molecule has 3 heteroatoms. The fraction of sp³-hybridized carbons (Fsp3) is 1.00. The van der Waals surface area contributed by atoms with Gasteiger partial charge in [-0.2, -0.15) is 0 Å². The zero-order valence-electron chi connectivity index (χ0n) is 16.5. The molecule has 140 valence electrons. The molecule has 0 aromatic heterocycles. The van der Waals surface area contributed by atoms with Gasteiger partial charge in [0.25, 0.3) is 0 Å². The molecule has 1 aliphatic carbocycles. The van der Waals surface area contributed by atoms with Gasteiger partial charge in [-0.1, -0.05) is 27.7 Å². The van der Waals surface area contributed by atoms with E-state index in [0.29, 0.717) is 11.5 Å². The van der Waals surface area contributed by atoms with Crippen LogP contribution in [0, 0.1) is 17.3 Å². The van der Waals surface area contributed by atoms with Crippen molar-refractivity contribution in [3.8, 4) is 0 Å². The number of ether oxygens (including phenoxy) is 2. The van der Waals surface area contributed by atoms with Gasteiger partial charge in [0.15, 0.2) is 5.79 Å². The molecule has 0 aromatic carbocycles. The maximum Gasteiger partial charge on any atom is 0.168 e. The van der Waals surface area contributed by atoms with E-state index < -0.39 is 0 Å². The summed E-state index contributed by atoms with van der Waals surface area (Å²) < 4.78 is 12.6. The molecule has 0 N–H and O–H groups in total. The van der Waals surface area contributed by atoms with Crippen LogP contribution >= 0.6 is 0 Å². The summed E-state index contributed by atoms with van der Waals surface area (Å²) in [7, 11) is 0.